The number of benzene rings is 3. The Morgan fingerprint density at radius 3 is 1.97 bits per heavy atom. The molecule has 2 fully saturated rings. The number of nitrogens with zero attached hydrogens (tertiary/aromatic N) is 6. The fourth-order valence-corrected chi connectivity index (χ4v) is 7.88. The number of carbonyl (C=O) groups is 3. The largest absolute Gasteiger partial charge is 0.464 e. The van der Waals surface area contributed by atoms with E-state index in [9.17, 15) is 14.4 Å². The van der Waals surface area contributed by atoms with Crippen molar-refractivity contribution in [1.29, 1.82) is 0 Å². The lowest BCUT2D eigenvalue weighted by molar-refractivity contribution is 0.0447. The van der Waals surface area contributed by atoms with Crippen molar-refractivity contribution >= 4 is 52.6 Å². The van der Waals surface area contributed by atoms with Crippen LogP contribution in [0.15, 0.2) is 113 Å². The van der Waals surface area contributed by atoms with Gasteiger partial charge in [-0.3, -0.25) is 4.79 Å². The standard InChI is InChI=1S/C45H50N8O5S/c1-44(2,3)58-43(56)50-45(4)19-21-53(22-20-45)39-29-48-40(30-47-39)59-37-8-6-7-34(27-37)49-41(54)33-11-9-31(10-12-33)32-13-15-35(16-14-32)51-23-25-52(26-24-51)36-17-18-38(46-28-36)42(55)57-5/h6-18,27-30H,19-26H2,1-5H3,(H,49,54)(H,50,56). The van der Waals surface area contributed by atoms with Gasteiger partial charge in [-0.15, -0.1) is 0 Å². The summed E-state index contributed by atoms with van der Waals surface area (Å²) in [6.07, 6.45) is 6.42. The molecule has 2 saturated heterocycles. The zero-order chi connectivity index (χ0) is 41.6. The Morgan fingerprint density at radius 1 is 0.729 bits per heavy atom. The maximum absolute atomic E-state index is 13.3. The number of piperidine rings is 1. The van der Waals surface area contributed by atoms with Gasteiger partial charge in [-0.25, -0.2) is 24.5 Å². The number of alkyl carbamates (subject to hydrolysis) is 1. The fraction of sp³-hybridized carbons (Fsp3) is 0.333. The van der Waals surface area contributed by atoms with E-state index in [1.54, 1.807) is 24.7 Å². The summed E-state index contributed by atoms with van der Waals surface area (Å²) in [5.41, 5.74) is 4.92. The van der Waals surface area contributed by atoms with Crippen LogP contribution in [0.25, 0.3) is 11.1 Å². The second-order valence-corrected chi connectivity index (χ2v) is 17.1. The van der Waals surface area contributed by atoms with Crippen molar-refractivity contribution in [3.8, 4) is 11.1 Å². The summed E-state index contributed by atoms with van der Waals surface area (Å²) in [6, 6.07) is 27.5. The number of esters is 1. The third-order valence-electron chi connectivity index (χ3n) is 10.4. The minimum Gasteiger partial charge on any atom is -0.464 e. The molecule has 2 aliphatic rings. The Kier molecular flexibility index (Phi) is 12.4. The SMILES string of the molecule is COC(=O)c1ccc(N2CCN(c3ccc(-c4ccc(C(=O)Nc5cccc(Sc6cnc(N7CCC(C)(NC(=O)OC(C)(C)C)CC7)cn6)c5)cc4)cc3)CC2)cn1. The van der Waals surface area contributed by atoms with Crippen molar-refractivity contribution in [3.63, 3.8) is 0 Å². The van der Waals surface area contributed by atoms with E-state index in [-0.39, 0.29) is 11.4 Å². The average Bonchev–Trinajstić information content (AvgIpc) is 3.23. The van der Waals surface area contributed by atoms with Crippen molar-refractivity contribution < 1.29 is 23.9 Å². The normalized spacial score (nSPS) is 15.3. The Bertz CT molecular complexity index is 2230. The first-order valence-corrected chi connectivity index (χ1v) is 20.6. The number of methoxy groups -OCH3 is 1. The second-order valence-electron chi connectivity index (χ2n) is 16.0. The van der Waals surface area contributed by atoms with Crippen LogP contribution in [-0.2, 0) is 9.47 Å². The van der Waals surface area contributed by atoms with Crippen LogP contribution >= 0.6 is 11.8 Å². The van der Waals surface area contributed by atoms with E-state index >= 15 is 0 Å². The average molecular weight is 815 g/mol. The fourth-order valence-electron chi connectivity index (χ4n) is 7.09. The van der Waals surface area contributed by atoms with Gasteiger partial charge < -0.3 is 34.8 Å². The zero-order valence-electron chi connectivity index (χ0n) is 34.1. The number of amides is 2. The molecule has 0 aliphatic carbocycles. The highest BCUT2D eigenvalue weighted by Gasteiger charge is 2.33. The lowest BCUT2D eigenvalue weighted by atomic mass is 9.90. The predicted molar refractivity (Wildman–Crippen MR) is 232 cm³/mol. The predicted octanol–water partition coefficient (Wildman–Crippen LogP) is 7.94. The van der Waals surface area contributed by atoms with E-state index in [1.807, 2.05) is 75.4 Å². The Hall–Kier alpha value is -6.15. The monoisotopic (exact) mass is 814 g/mol. The van der Waals surface area contributed by atoms with Crippen LogP contribution in [0.3, 0.4) is 0 Å². The Balaban J connectivity index is 0.875. The maximum Gasteiger partial charge on any atom is 0.408 e. The number of anilines is 4. The molecule has 13 nitrogen and oxygen atoms in total. The lowest BCUT2D eigenvalue weighted by Crippen LogP contribution is -2.54. The number of hydrogen-bond acceptors (Lipinski definition) is 12. The summed E-state index contributed by atoms with van der Waals surface area (Å²) >= 11 is 1.48. The van der Waals surface area contributed by atoms with Crippen LogP contribution in [0.4, 0.5) is 27.7 Å². The Labute approximate surface area is 349 Å². The van der Waals surface area contributed by atoms with Gasteiger partial charge in [0.15, 0.2) is 0 Å². The number of ether oxygens (including phenoxy) is 2. The number of carbonyl (C=O) groups excluding carboxylic acids is 3. The molecule has 2 aliphatic heterocycles. The molecule has 14 heteroatoms. The number of nitrogens with one attached hydrogen (secondary N) is 2. The van der Waals surface area contributed by atoms with Crippen LogP contribution in [0, 0.1) is 0 Å². The summed E-state index contributed by atoms with van der Waals surface area (Å²) in [5, 5.41) is 6.83. The van der Waals surface area contributed by atoms with Crippen LogP contribution < -0.4 is 25.3 Å². The summed E-state index contributed by atoms with van der Waals surface area (Å²) in [6.45, 7) is 12.5. The topological polar surface area (TPSA) is 142 Å². The summed E-state index contributed by atoms with van der Waals surface area (Å²) in [5.74, 6) is 0.169. The van der Waals surface area contributed by atoms with Crippen LogP contribution in [0.5, 0.6) is 0 Å². The molecule has 5 aromatic rings. The van der Waals surface area contributed by atoms with E-state index in [0.29, 0.717) is 16.9 Å². The van der Waals surface area contributed by atoms with Gasteiger partial charge in [-0.1, -0.05) is 42.1 Å². The number of pyridine rings is 1. The highest BCUT2D eigenvalue weighted by atomic mass is 32.2. The van der Waals surface area contributed by atoms with Gasteiger partial charge in [0, 0.05) is 66.6 Å². The van der Waals surface area contributed by atoms with E-state index in [1.165, 1.54) is 18.9 Å². The molecule has 0 unspecified atom stereocenters. The summed E-state index contributed by atoms with van der Waals surface area (Å²) in [7, 11) is 1.35. The molecule has 2 N–H and O–H groups in total. The van der Waals surface area contributed by atoms with Crippen LogP contribution in [0.1, 0.15) is 61.4 Å². The minimum atomic E-state index is -0.540. The minimum absolute atomic E-state index is 0.188. The molecule has 2 aromatic heterocycles. The van der Waals surface area contributed by atoms with E-state index < -0.39 is 17.7 Å². The molecule has 0 atom stereocenters. The quantitative estimate of drug-likeness (QED) is 0.132. The summed E-state index contributed by atoms with van der Waals surface area (Å²) < 4.78 is 10.2. The van der Waals surface area contributed by atoms with Crippen LogP contribution in [0.2, 0.25) is 0 Å². The molecule has 0 saturated carbocycles. The highest BCUT2D eigenvalue weighted by molar-refractivity contribution is 7.99. The highest BCUT2D eigenvalue weighted by Crippen LogP contribution is 2.31. The second kappa shape index (κ2) is 17.8. The third-order valence-corrected chi connectivity index (χ3v) is 11.3. The molecule has 2 amide bonds. The van der Waals surface area contributed by atoms with Gasteiger partial charge in [0.1, 0.15) is 22.1 Å². The molecule has 0 bridgehead atoms. The molecule has 306 valence electrons. The van der Waals surface area contributed by atoms with E-state index in [2.05, 4.69) is 71.5 Å². The molecule has 7 rings (SSSR count). The maximum atomic E-state index is 13.3. The Morgan fingerprint density at radius 2 is 1.37 bits per heavy atom. The first-order chi connectivity index (χ1) is 28.3. The third kappa shape index (κ3) is 10.7. The smallest absolute Gasteiger partial charge is 0.408 e. The molecule has 3 aromatic carbocycles. The van der Waals surface area contributed by atoms with Crippen molar-refractivity contribution in [2.45, 2.75) is 61.6 Å². The van der Waals surface area contributed by atoms with Crippen molar-refractivity contribution in [2.75, 3.05) is 66.4 Å². The zero-order valence-corrected chi connectivity index (χ0v) is 34.9. The van der Waals surface area contributed by atoms with Gasteiger partial charge in [0.2, 0.25) is 0 Å². The number of hydrogen-bond donors (Lipinski definition) is 2. The molecular weight excluding hydrogens is 765 g/mol. The van der Waals surface area contributed by atoms with Gasteiger partial charge in [-0.2, -0.15) is 0 Å². The molecular formula is C45H50N8O5S. The molecule has 59 heavy (non-hydrogen) atoms. The molecule has 4 heterocycles. The molecule has 0 radical (unpaired) electrons. The van der Waals surface area contributed by atoms with E-state index in [0.717, 1.165) is 90.4 Å². The van der Waals surface area contributed by atoms with E-state index in [4.69, 9.17) is 9.47 Å². The van der Waals surface area contributed by atoms with Crippen LogP contribution in [-0.4, -0.2) is 90.4 Å². The first-order valence-electron chi connectivity index (χ1n) is 19.8. The lowest BCUT2D eigenvalue weighted by Gasteiger charge is -2.40. The van der Waals surface area contributed by atoms with Gasteiger partial charge in [-0.05, 0) is 106 Å². The van der Waals surface area contributed by atoms with Gasteiger partial charge in [0.25, 0.3) is 5.91 Å². The molecule has 0 spiro atoms. The number of aromatic nitrogens is 3. The van der Waals surface area contributed by atoms with Crippen molar-refractivity contribution in [1.82, 2.24) is 20.3 Å². The number of piperazine rings is 1. The summed E-state index contributed by atoms with van der Waals surface area (Å²) in [4.78, 5) is 58.7. The van der Waals surface area contributed by atoms with Gasteiger partial charge >= 0.3 is 12.1 Å². The van der Waals surface area contributed by atoms with Gasteiger partial charge in [0.05, 0.1) is 31.4 Å². The first kappa shape index (κ1) is 41.0. The van der Waals surface area contributed by atoms with Crippen molar-refractivity contribution in [3.05, 3.63) is 115 Å². The number of rotatable bonds is 10. The van der Waals surface area contributed by atoms with Crippen molar-refractivity contribution in [2.24, 2.45) is 0 Å².